The van der Waals surface area contributed by atoms with Crippen LogP contribution in [0.15, 0.2) is 140 Å². The summed E-state index contributed by atoms with van der Waals surface area (Å²) in [6, 6.07) is 50.8. The first-order valence-corrected chi connectivity index (χ1v) is 12.8. The molecule has 0 fully saturated rings. The van der Waals surface area contributed by atoms with Gasteiger partial charge in [0.05, 0.1) is 11.0 Å². The Hall–Kier alpha value is -4.88. The molecule has 7 aromatic carbocycles. The highest BCUT2D eigenvalue weighted by Crippen LogP contribution is 2.39. The van der Waals surface area contributed by atoms with Crippen molar-refractivity contribution < 1.29 is 0 Å². The molecule has 0 N–H and O–H groups in total. The number of rotatable bonds is 2. The second kappa shape index (κ2) is 7.81. The second-order valence-corrected chi connectivity index (χ2v) is 9.81. The summed E-state index contributed by atoms with van der Waals surface area (Å²) >= 11 is 0. The van der Waals surface area contributed by atoms with Gasteiger partial charge in [0.1, 0.15) is 0 Å². The van der Waals surface area contributed by atoms with Gasteiger partial charge in [-0.2, -0.15) is 0 Å². The van der Waals surface area contributed by atoms with E-state index in [1.165, 1.54) is 70.9 Å². The van der Waals surface area contributed by atoms with Gasteiger partial charge >= 0.3 is 0 Å². The second-order valence-electron chi connectivity index (χ2n) is 9.81. The molecule has 0 aliphatic heterocycles. The number of hydrogen-bond donors (Lipinski definition) is 0. The molecule has 1 heteroatoms. The van der Waals surface area contributed by atoms with E-state index in [4.69, 9.17) is 0 Å². The van der Waals surface area contributed by atoms with Crippen LogP contribution in [-0.4, -0.2) is 4.57 Å². The van der Waals surface area contributed by atoms with Crippen molar-refractivity contribution in [2.24, 2.45) is 0 Å². The molecule has 0 saturated carbocycles. The molecule has 172 valence electrons. The van der Waals surface area contributed by atoms with Crippen LogP contribution in [0.1, 0.15) is 0 Å². The zero-order valence-corrected chi connectivity index (χ0v) is 20.2. The molecule has 1 aromatic heterocycles. The van der Waals surface area contributed by atoms with Crippen molar-refractivity contribution in [2.45, 2.75) is 0 Å². The molecule has 0 aliphatic carbocycles. The number of benzene rings is 7. The Kier molecular flexibility index (Phi) is 4.29. The van der Waals surface area contributed by atoms with E-state index in [0.717, 1.165) is 0 Å². The van der Waals surface area contributed by atoms with Crippen molar-refractivity contribution in [1.29, 1.82) is 0 Å². The quantitative estimate of drug-likeness (QED) is 0.222. The lowest BCUT2D eigenvalue weighted by atomic mass is 9.95. The van der Waals surface area contributed by atoms with Gasteiger partial charge in [-0.05, 0) is 79.8 Å². The van der Waals surface area contributed by atoms with Gasteiger partial charge in [-0.25, -0.2) is 0 Å². The smallest absolute Gasteiger partial charge is 0.0547 e. The Bertz CT molecular complexity index is 2130. The van der Waals surface area contributed by atoms with Crippen LogP contribution in [0.2, 0.25) is 0 Å². The average molecular weight is 470 g/mol. The zero-order valence-electron chi connectivity index (χ0n) is 20.2. The van der Waals surface area contributed by atoms with Crippen LogP contribution < -0.4 is 0 Å². The molecule has 0 spiro atoms. The number of para-hydroxylation sites is 2. The molecule has 0 saturated heterocycles. The fourth-order valence-electron chi connectivity index (χ4n) is 6.00. The van der Waals surface area contributed by atoms with Crippen molar-refractivity contribution in [1.82, 2.24) is 4.57 Å². The zero-order chi connectivity index (χ0) is 24.3. The molecule has 8 aromatic rings. The summed E-state index contributed by atoms with van der Waals surface area (Å²) in [6.07, 6.45) is 0. The summed E-state index contributed by atoms with van der Waals surface area (Å²) in [5, 5.41) is 10.3. The molecular weight excluding hydrogens is 446 g/mol. The van der Waals surface area contributed by atoms with Crippen LogP contribution in [0.3, 0.4) is 0 Å². The van der Waals surface area contributed by atoms with Crippen molar-refractivity contribution in [3.05, 3.63) is 140 Å². The summed E-state index contributed by atoms with van der Waals surface area (Å²) < 4.78 is 2.39. The average Bonchev–Trinajstić information content (AvgIpc) is 3.32. The highest BCUT2D eigenvalue weighted by atomic mass is 15.0. The third-order valence-corrected chi connectivity index (χ3v) is 7.75. The molecule has 0 bridgehead atoms. The van der Waals surface area contributed by atoms with Crippen LogP contribution in [0.4, 0.5) is 0 Å². The highest BCUT2D eigenvalue weighted by molar-refractivity contribution is 6.22. The van der Waals surface area contributed by atoms with Crippen LogP contribution in [-0.2, 0) is 0 Å². The maximum Gasteiger partial charge on any atom is 0.0547 e. The lowest BCUT2D eigenvalue weighted by Gasteiger charge is -2.10. The van der Waals surface area contributed by atoms with Crippen molar-refractivity contribution in [3.8, 4) is 16.8 Å². The van der Waals surface area contributed by atoms with E-state index in [0.29, 0.717) is 0 Å². The van der Waals surface area contributed by atoms with Crippen LogP contribution in [0.5, 0.6) is 0 Å². The maximum atomic E-state index is 2.39. The van der Waals surface area contributed by atoms with E-state index in [9.17, 15) is 0 Å². The molecule has 0 amide bonds. The number of aromatic nitrogens is 1. The van der Waals surface area contributed by atoms with Crippen LogP contribution >= 0.6 is 0 Å². The van der Waals surface area contributed by atoms with Gasteiger partial charge in [-0.15, -0.1) is 0 Å². The Balaban J connectivity index is 1.42. The van der Waals surface area contributed by atoms with E-state index < -0.39 is 0 Å². The standard InChI is InChI=1S/C36H23N/c1-2-9-29(10-3-1)37-34-13-7-6-12-31(34)36-33-23-28(19-17-26(33)20-21-35(36)37)27-18-16-25-15-14-24-8-4-5-11-30(24)32(25)22-27/h1-23H. The SMILES string of the molecule is c1ccc(-n2c3ccccc3c3c4cc(-c5ccc6ccc7ccccc7c6c5)ccc4ccc32)cc1. The van der Waals surface area contributed by atoms with E-state index in [1.807, 2.05) is 0 Å². The van der Waals surface area contributed by atoms with E-state index >= 15 is 0 Å². The number of nitrogens with zero attached hydrogens (tertiary/aromatic N) is 1. The first-order valence-electron chi connectivity index (χ1n) is 12.8. The van der Waals surface area contributed by atoms with Gasteiger partial charge in [0.2, 0.25) is 0 Å². The lowest BCUT2D eigenvalue weighted by Crippen LogP contribution is -1.92. The van der Waals surface area contributed by atoms with Crippen LogP contribution in [0.25, 0.3) is 70.9 Å². The summed E-state index contributed by atoms with van der Waals surface area (Å²) in [6.45, 7) is 0. The Morgan fingerprint density at radius 1 is 0.351 bits per heavy atom. The van der Waals surface area contributed by atoms with Crippen molar-refractivity contribution >= 4 is 54.1 Å². The van der Waals surface area contributed by atoms with Gasteiger partial charge in [-0.1, -0.05) is 103 Å². The highest BCUT2D eigenvalue weighted by Gasteiger charge is 2.15. The van der Waals surface area contributed by atoms with Gasteiger partial charge in [0.25, 0.3) is 0 Å². The molecular formula is C36H23N. The Morgan fingerprint density at radius 2 is 0.919 bits per heavy atom. The number of fused-ring (bicyclic) bond motifs is 8. The Morgan fingerprint density at radius 3 is 1.73 bits per heavy atom. The van der Waals surface area contributed by atoms with Crippen molar-refractivity contribution in [3.63, 3.8) is 0 Å². The molecule has 1 heterocycles. The minimum atomic E-state index is 1.19. The lowest BCUT2D eigenvalue weighted by molar-refractivity contribution is 1.18. The molecule has 1 nitrogen and oxygen atoms in total. The van der Waals surface area contributed by atoms with Gasteiger partial charge in [0.15, 0.2) is 0 Å². The molecule has 0 aliphatic rings. The topological polar surface area (TPSA) is 4.93 Å². The molecule has 8 rings (SSSR count). The van der Waals surface area contributed by atoms with E-state index in [2.05, 4.69) is 144 Å². The molecule has 0 unspecified atom stereocenters. The fraction of sp³-hybridized carbons (Fsp3) is 0. The van der Waals surface area contributed by atoms with Gasteiger partial charge in [0, 0.05) is 16.5 Å². The van der Waals surface area contributed by atoms with Crippen LogP contribution in [0, 0.1) is 0 Å². The largest absolute Gasteiger partial charge is 0.309 e. The molecule has 37 heavy (non-hydrogen) atoms. The number of hydrogen-bond acceptors (Lipinski definition) is 0. The Labute approximate surface area is 214 Å². The maximum absolute atomic E-state index is 2.39. The third-order valence-electron chi connectivity index (χ3n) is 7.75. The minimum Gasteiger partial charge on any atom is -0.309 e. The van der Waals surface area contributed by atoms with Gasteiger partial charge in [-0.3, -0.25) is 0 Å². The monoisotopic (exact) mass is 469 g/mol. The summed E-state index contributed by atoms with van der Waals surface area (Å²) in [5.74, 6) is 0. The first-order chi connectivity index (χ1) is 18.3. The van der Waals surface area contributed by atoms with Crippen molar-refractivity contribution in [2.75, 3.05) is 0 Å². The summed E-state index contributed by atoms with van der Waals surface area (Å²) in [4.78, 5) is 0. The van der Waals surface area contributed by atoms with E-state index in [1.54, 1.807) is 0 Å². The molecule has 0 radical (unpaired) electrons. The predicted molar refractivity (Wildman–Crippen MR) is 159 cm³/mol. The summed E-state index contributed by atoms with van der Waals surface area (Å²) in [5.41, 5.74) is 6.15. The minimum absolute atomic E-state index is 1.19. The normalized spacial score (nSPS) is 11.8. The van der Waals surface area contributed by atoms with E-state index in [-0.39, 0.29) is 0 Å². The third kappa shape index (κ3) is 3.04. The molecule has 0 atom stereocenters. The first kappa shape index (κ1) is 20.3. The predicted octanol–water partition coefficient (Wildman–Crippen LogP) is 9.91. The van der Waals surface area contributed by atoms with Gasteiger partial charge < -0.3 is 4.57 Å². The summed E-state index contributed by atoms with van der Waals surface area (Å²) in [7, 11) is 0. The fourth-order valence-corrected chi connectivity index (χ4v) is 6.00.